The first-order chi connectivity index (χ1) is 10.6. The van der Waals surface area contributed by atoms with Gasteiger partial charge in [-0.25, -0.2) is 4.99 Å². The van der Waals surface area contributed by atoms with Gasteiger partial charge in [0.2, 0.25) is 0 Å². The standard InChI is InChI=1S/C17H22N4O.HI/c1-21(2)14-10-8-13(9-11-14)12-19-17(18)20-15-6-4-5-7-16(15)22-3;/h4-11H,12H2,1-3H3,(H3,18,19,20);1H. The highest BCUT2D eigenvalue weighted by molar-refractivity contribution is 14.0. The quantitative estimate of drug-likeness (QED) is 0.438. The first-order valence-electron chi connectivity index (χ1n) is 7.06. The Morgan fingerprint density at radius 1 is 1.13 bits per heavy atom. The number of hydrogen-bond acceptors (Lipinski definition) is 3. The molecular formula is C17H23IN4O. The van der Waals surface area contributed by atoms with E-state index in [1.807, 2.05) is 38.4 Å². The van der Waals surface area contributed by atoms with Gasteiger partial charge in [0.25, 0.3) is 0 Å². The van der Waals surface area contributed by atoms with Gasteiger partial charge in [-0.15, -0.1) is 24.0 Å². The maximum Gasteiger partial charge on any atom is 0.193 e. The third-order valence-corrected chi connectivity index (χ3v) is 3.25. The fourth-order valence-corrected chi connectivity index (χ4v) is 2.00. The Hall–Kier alpha value is -1.96. The number of nitrogens with zero attached hydrogens (tertiary/aromatic N) is 2. The molecule has 6 heteroatoms. The summed E-state index contributed by atoms with van der Waals surface area (Å²) in [4.78, 5) is 6.41. The molecule has 23 heavy (non-hydrogen) atoms. The van der Waals surface area contributed by atoms with Gasteiger partial charge in [-0.1, -0.05) is 24.3 Å². The topological polar surface area (TPSA) is 62.9 Å². The van der Waals surface area contributed by atoms with Crippen LogP contribution in [0.25, 0.3) is 0 Å². The summed E-state index contributed by atoms with van der Waals surface area (Å²) >= 11 is 0. The van der Waals surface area contributed by atoms with E-state index in [2.05, 4.69) is 39.5 Å². The molecule has 2 rings (SSSR count). The van der Waals surface area contributed by atoms with Crippen LogP contribution < -0.4 is 20.7 Å². The summed E-state index contributed by atoms with van der Waals surface area (Å²) in [5.41, 5.74) is 9.00. The monoisotopic (exact) mass is 426 g/mol. The number of aliphatic imine (C=N–C) groups is 1. The molecule has 0 aliphatic heterocycles. The molecule has 2 aromatic rings. The lowest BCUT2D eigenvalue weighted by molar-refractivity contribution is 0.417. The van der Waals surface area contributed by atoms with Crippen molar-refractivity contribution in [3.63, 3.8) is 0 Å². The molecular weight excluding hydrogens is 403 g/mol. The number of methoxy groups -OCH3 is 1. The minimum Gasteiger partial charge on any atom is -0.495 e. The number of halogens is 1. The highest BCUT2D eigenvalue weighted by atomic mass is 127. The van der Waals surface area contributed by atoms with Crippen molar-refractivity contribution in [1.29, 1.82) is 0 Å². The van der Waals surface area contributed by atoms with Crippen molar-refractivity contribution in [2.45, 2.75) is 6.54 Å². The molecule has 2 aromatic carbocycles. The van der Waals surface area contributed by atoms with Gasteiger partial charge >= 0.3 is 0 Å². The number of guanidine groups is 1. The fraction of sp³-hybridized carbons (Fsp3) is 0.235. The molecule has 0 atom stereocenters. The summed E-state index contributed by atoms with van der Waals surface area (Å²) in [6, 6.07) is 15.8. The third-order valence-electron chi connectivity index (χ3n) is 3.25. The van der Waals surface area contributed by atoms with Gasteiger partial charge in [-0.05, 0) is 29.8 Å². The van der Waals surface area contributed by atoms with Gasteiger partial charge in [0.1, 0.15) is 5.75 Å². The third kappa shape index (κ3) is 5.63. The van der Waals surface area contributed by atoms with Crippen LogP contribution in [-0.4, -0.2) is 27.2 Å². The molecule has 0 saturated carbocycles. The van der Waals surface area contributed by atoms with Gasteiger partial charge in [-0.3, -0.25) is 0 Å². The molecule has 0 heterocycles. The van der Waals surface area contributed by atoms with Crippen LogP contribution in [0.4, 0.5) is 11.4 Å². The minimum atomic E-state index is 0. The van der Waals surface area contributed by atoms with Crippen LogP contribution in [0.5, 0.6) is 5.75 Å². The summed E-state index contributed by atoms with van der Waals surface area (Å²) in [7, 11) is 5.66. The number of para-hydroxylation sites is 2. The Morgan fingerprint density at radius 3 is 2.39 bits per heavy atom. The van der Waals surface area contributed by atoms with E-state index in [-0.39, 0.29) is 24.0 Å². The predicted molar refractivity (Wildman–Crippen MR) is 108 cm³/mol. The first kappa shape index (κ1) is 19.1. The molecule has 0 bridgehead atoms. The van der Waals surface area contributed by atoms with Crippen molar-refractivity contribution in [2.75, 3.05) is 31.4 Å². The van der Waals surface area contributed by atoms with Crippen molar-refractivity contribution >= 4 is 41.3 Å². The molecule has 124 valence electrons. The lowest BCUT2D eigenvalue weighted by Gasteiger charge is -2.12. The molecule has 0 aromatic heterocycles. The van der Waals surface area contributed by atoms with E-state index in [0.717, 1.165) is 22.7 Å². The van der Waals surface area contributed by atoms with Gasteiger partial charge < -0.3 is 20.7 Å². The SMILES string of the molecule is COc1ccccc1NC(N)=NCc1ccc(N(C)C)cc1.I. The summed E-state index contributed by atoms with van der Waals surface area (Å²) in [6.45, 7) is 0.529. The Balaban J connectivity index is 0.00000264. The van der Waals surface area contributed by atoms with E-state index in [1.165, 1.54) is 0 Å². The van der Waals surface area contributed by atoms with Crippen LogP contribution in [-0.2, 0) is 6.54 Å². The highest BCUT2D eigenvalue weighted by Crippen LogP contribution is 2.22. The molecule has 0 aliphatic carbocycles. The van der Waals surface area contributed by atoms with Gasteiger partial charge in [0.15, 0.2) is 5.96 Å². The number of hydrogen-bond donors (Lipinski definition) is 2. The maximum atomic E-state index is 5.93. The Morgan fingerprint density at radius 2 is 1.78 bits per heavy atom. The second-order valence-electron chi connectivity index (χ2n) is 5.09. The zero-order chi connectivity index (χ0) is 15.9. The highest BCUT2D eigenvalue weighted by Gasteiger charge is 2.02. The van der Waals surface area contributed by atoms with E-state index in [0.29, 0.717) is 12.5 Å². The zero-order valence-corrected chi connectivity index (χ0v) is 15.9. The summed E-state index contributed by atoms with van der Waals surface area (Å²) in [5.74, 6) is 1.09. The summed E-state index contributed by atoms with van der Waals surface area (Å²) in [5, 5.41) is 3.06. The normalized spacial score (nSPS) is 10.7. The average Bonchev–Trinajstić information content (AvgIpc) is 2.54. The van der Waals surface area contributed by atoms with Crippen molar-refractivity contribution in [1.82, 2.24) is 0 Å². The van der Waals surface area contributed by atoms with Crippen LogP contribution >= 0.6 is 24.0 Å². The van der Waals surface area contributed by atoms with Crippen molar-refractivity contribution in [2.24, 2.45) is 10.7 Å². The van der Waals surface area contributed by atoms with Crippen molar-refractivity contribution in [3.8, 4) is 5.75 Å². The largest absolute Gasteiger partial charge is 0.495 e. The van der Waals surface area contributed by atoms with Crippen LogP contribution in [0.3, 0.4) is 0 Å². The fourth-order valence-electron chi connectivity index (χ4n) is 2.00. The van der Waals surface area contributed by atoms with Gasteiger partial charge in [0, 0.05) is 19.8 Å². The first-order valence-corrected chi connectivity index (χ1v) is 7.06. The summed E-state index contributed by atoms with van der Waals surface area (Å²) < 4.78 is 5.27. The molecule has 0 saturated heterocycles. The number of anilines is 2. The van der Waals surface area contributed by atoms with Crippen molar-refractivity contribution < 1.29 is 4.74 Å². The number of benzene rings is 2. The molecule has 0 fully saturated rings. The lowest BCUT2D eigenvalue weighted by atomic mass is 10.2. The molecule has 0 radical (unpaired) electrons. The van der Waals surface area contributed by atoms with Crippen LogP contribution in [0.2, 0.25) is 0 Å². The van der Waals surface area contributed by atoms with Crippen molar-refractivity contribution in [3.05, 3.63) is 54.1 Å². The second kappa shape index (κ2) is 9.24. The molecule has 0 spiro atoms. The number of rotatable bonds is 5. The van der Waals surface area contributed by atoms with Gasteiger partial charge in [0.05, 0.1) is 19.3 Å². The Kier molecular flexibility index (Phi) is 7.67. The molecule has 5 nitrogen and oxygen atoms in total. The zero-order valence-electron chi connectivity index (χ0n) is 13.6. The lowest BCUT2D eigenvalue weighted by Crippen LogP contribution is -2.22. The van der Waals surface area contributed by atoms with E-state index < -0.39 is 0 Å². The smallest absolute Gasteiger partial charge is 0.193 e. The molecule has 0 amide bonds. The van der Waals surface area contributed by atoms with E-state index >= 15 is 0 Å². The van der Waals surface area contributed by atoms with Gasteiger partial charge in [-0.2, -0.15) is 0 Å². The summed E-state index contributed by atoms with van der Waals surface area (Å²) in [6.07, 6.45) is 0. The Labute approximate surface area is 154 Å². The number of nitrogens with two attached hydrogens (primary N) is 1. The van der Waals surface area contributed by atoms with E-state index in [1.54, 1.807) is 7.11 Å². The maximum absolute atomic E-state index is 5.93. The second-order valence-corrected chi connectivity index (χ2v) is 5.09. The Bertz CT molecular complexity index is 641. The van der Waals surface area contributed by atoms with Crippen LogP contribution in [0.1, 0.15) is 5.56 Å². The molecule has 0 aliphatic rings. The number of ether oxygens (including phenoxy) is 1. The molecule has 3 N–H and O–H groups in total. The van der Waals surface area contributed by atoms with E-state index in [9.17, 15) is 0 Å². The average molecular weight is 426 g/mol. The van der Waals surface area contributed by atoms with Crippen LogP contribution in [0.15, 0.2) is 53.5 Å². The predicted octanol–water partition coefficient (Wildman–Crippen LogP) is 3.31. The van der Waals surface area contributed by atoms with E-state index in [4.69, 9.17) is 10.5 Å². The van der Waals surface area contributed by atoms with Crippen LogP contribution in [0, 0.1) is 0 Å². The minimum absolute atomic E-state index is 0. The number of nitrogens with one attached hydrogen (secondary N) is 1. The molecule has 0 unspecified atom stereocenters.